The zero-order chi connectivity index (χ0) is 15.1. The number of rotatable bonds is 8. The number of anilines is 1. The lowest BCUT2D eigenvalue weighted by Crippen LogP contribution is -2.31. The minimum absolute atomic E-state index is 0.457. The van der Waals surface area contributed by atoms with Crippen molar-refractivity contribution in [3.63, 3.8) is 0 Å². The van der Waals surface area contributed by atoms with Gasteiger partial charge in [0, 0.05) is 41.9 Å². The zero-order valence-electron chi connectivity index (χ0n) is 13.2. The molecule has 0 aliphatic heterocycles. The fraction of sp³-hybridized carbons (Fsp3) is 0.625. The molecule has 0 radical (unpaired) electrons. The maximum absolute atomic E-state index is 6.40. The monoisotopic (exact) mass is 314 g/mol. The first-order valence-corrected chi connectivity index (χ1v) is 8.97. The Bertz CT molecular complexity index is 409. The molecule has 1 aromatic rings. The van der Waals surface area contributed by atoms with E-state index in [0.29, 0.717) is 12.1 Å². The number of nitrogens with zero attached hydrogens (tertiary/aromatic N) is 1. The van der Waals surface area contributed by atoms with Crippen LogP contribution >= 0.6 is 23.4 Å². The van der Waals surface area contributed by atoms with Crippen molar-refractivity contribution in [2.75, 3.05) is 24.0 Å². The van der Waals surface area contributed by atoms with E-state index in [9.17, 15) is 0 Å². The second kappa shape index (κ2) is 8.81. The fourth-order valence-corrected chi connectivity index (χ4v) is 2.89. The first kappa shape index (κ1) is 17.7. The summed E-state index contributed by atoms with van der Waals surface area (Å²) in [7, 11) is 2.16. The van der Waals surface area contributed by atoms with Crippen molar-refractivity contribution in [1.82, 2.24) is 5.32 Å². The van der Waals surface area contributed by atoms with E-state index < -0.39 is 0 Å². The van der Waals surface area contributed by atoms with Gasteiger partial charge in [-0.2, -0.15) is 11.8 Å². The molecule has 0 saturated carbocycles. The van der Waals surface area contributed by atoms with Crippen molar-refractivity contribution in [2.45, 2.75) is 45.8 Å². The molecule has 1 rings (SSSR count). The summed E-state index contributed by atoms with van der Waals surface area (Å²) in [5.41, 5.74) is 2.43. The Labute approximate surface area is 133 Å². The van der Waals surface area contributed by atoms with Gasteiger partial charge in [-0.05, 0) is 37.5 Å². The summed E-state index contributed by atoms with van der Waals surface area (Å²) >= 11 is 8.29. The molecular weight excluding hydrogens is 288 g/mol. The van der Waals surface area contributed by atoms with Gasteiger partial charge in [-0.15, -0.1) is 0 Å². The van der Waals surface area contributed by atoms with Gasteiger partial charge in [0.15, 0.2) is 0 Å². The summed E-state index contributed by atoms with van der Waals surface area (Å²) in [6.07, 6.45) is 3.34. The standard InChI is InChI=1S/C16H27ClN2S/c1-12(2)18-11-14-15(17)7-6-8-16(14)19(4)13(3)9-10-20-5/h6-8,12-13,18H,9-11H2,1-5H3. The Morgan fingerprint density at radius 3 is 2.60 bits per heavy atom. The summed E-state index contributed by atoms with van der Waals surface area (Å²) < 4.78 is 0. The summed E-state index contributed by atoms with van der Waals surface area (Å²) in [6.45, 7) is 7.39. The number of benzene rings is 1. The number of halogens is 1. The predicted molar refractivity (Wildman–Crippen MR) is 94.3 cm³/mol. The van der Waals surface area contributed by atoms with E-state index in [-0.39, 0.29) is 0 Å². The van der Waals surface area contributed by atoms with Crippen molar-refractivity contribution in [2.24, 2.45) is 0 Å². The molecule has 0 aliphatic carbocycles. The maximum Gasteiger partial charge on any atom is 0.0471 e. The van der Waals surface area contributed by atoms with E-state index in [1.54, 1.807) is 0 Å². The van der Waals surface area contributed by atoms with Crippen LogP contribution in [0.3, 0.4) is 0 Å². The van der Waals surface area contributed by atoms with Gasteiger partial charge >= 0.3 is 0 Å². The molecular formula is C16H27ClN2S. The Balaban J connectivity index is 2.89. The van der Waals surface area contributed by atoms with Crippen molar-refractivity contribution >= 4 is 29.1 Å². The quantitative estimate of drug-likeness (QED) is 0.765. The van der Waals surface area contributed by atoms with E-state index in [2.05, 4.69) is 50.4 Å². The van der Waals surface area contributed by atoms with E-state index in [1.165, 1.54) is 23.4 Å². The first-order valence-electron chi connectivity index (χ1n) is 7.20. The molecule has 0 fully saturated rings. The smallest absolute Gasteiger partial charge is 0.0471 e. The molecule has 0 spiro atoms. The lowest BCUT2D eigenvalue weighted by atomic mass is 10.1. The Morgan fingerprint density at radius 1 is 1.30 bits per heavy atom. The normalized spacial score (nSPS) is 12.8. The van der Waals surface area contributed by atoms with Gasteiger partial charge in [-0.1, -0.05) is 31.5 Å². The maximum atomic E-state index is 6.40. The van der Waals surface area contributed by atoms with Crippen LogP contribution in [0.2, 0.25) is 5.02 Å². The highest BCUT2D eigenvalue weighted by Gasteiger charge is 2.15. The molecule has 4 heteroatoms. The molecule has 0 aromatic heterocycles. The van der Waals surface area contributed by atoms with Gasteiger partial charge in [0.2, 0.25) is 0 Å². The van der Waals surface area contributed by atoms with E-state index in [1.807, 2.05) is 23.9 Å². The third kappa shape index (κ3) is 5.19. The van der Waals surface area contributed by atoms with Crippen LogP contribution in [-0.4, -0.2) is 31.1 Å². The van der Waals surface area contributed by atoms with Crippen molar-refractivity contribution in [3.05, 3.63) is 28.8 Å². The molecule has 1 aromatic carbocycles. The van der Waals surface area contributed by atoms with Gasteiger partial charge in [0.25, 0.3) is 0 Å². The highest BCUT2D eigenvalue weighted by Crippen LogP contribution is 2.28. The third-order valence-corrected chi connectivity index (χ3v) is 4.56. The van der Waals surface area contributed by atoms with Crippen LogP contribution in [0.15, 0.2) is 18.2 Å². The number of nitrogens with one attached hydrogen (secondary N) is 1. The van der Waals surface area contributed by atoms with Crippen molar-refractivity contribution in [3.8, 4) is 0 Å². The van der Waals surface area contributed by atoms with Crippen LogP contribution in [0.1, 0.15) is 32.8 Å². The molecule has 0 saturated heterocycles. The molecule has 0 heterocycles. The lowest BCUT2D eigenvalue weighted by Gasteiger charge is -2.29. The fourth-order valence-electron chi connectivity index (χ4n) is 2.08. The Kier molecular flexibility index (Phi) is 7.78. The molecule has 1 N–H and O–H groups in total. The van der Waals surface area contributed by atoms with Crippen LogP contribution in [0.5, 0.6) is 0 Å². The topological polar surface area (TPSA) is 15.3 Å². The molecule has 0 bridgehead atoms. The average Bonchev–Trinajstić information content (AvgIpc) is 2.42. The minimum Gasteiger partial charge on any atom is -0.372 e. The molecule has 20 heavy (non-hydrogen) atoms. The van der Waals surface area contributed by atoms with Gasteiger partial charge in [0.1, 0.15) is 0 Å². The first-order chi connectivity index (χ1) is 9.47. The predicted octanol–water partition coefficient (Wildman–Crippen LogP) is 4.42. The van der Waals surface area contributed by atoms with E-state index in [0.717, 1.165) is 11.6 Å². The van der Waals surface area contributed by atoms with Crippen LogP contribution in [-0.2, 0) is 6.54 Å². The van der Waals surface area contributed by atoms with Gasteiger partial charge in [0.05, 0.1) is 0 Å². The summed E-state index contributed by atoms with van der Waals surface area (Å²) in [4.78, 5) is 2.35. The van der Waals surface area contributed by atoms with Gasteiger partial charge < -0.3 is 10.2 Å². The third-order valence-electron chi connectivity index (χ3n) is 3.56. The van der Waals surface area contributed by atoms with Crippen LogP contribution in [0, 0.1) is 0 Å². The number of thioether (sulfide) groups is 1. The molecule has 0 aliphatic rings. The lowest BCUT2D eigenvalue weighted by molar-refractivity contribution is 0.585. The van der Waals surface area contributed by atoms with Crippen LogP contribution in [0.4, 0.5) is 5.69 Å². The van der Waals surface area contributed by atoms with Crippen molar-refractivity contribution < 1.29 is 0 Å². The molecule has 1 unspecified atom stereocenters. The summed E-state index contributed by atoms with van der Waals surface area (Å²) in [6, 6.07) is 7.15. The summed E-state index contributed by atoms with van der Waals surface area (Å²) in [5, 5.41) is 4.31. The molecule has 0 amide bonds. The molecule has 2 nitrogen and oxygen atoms in total. The van der Waals surface area contributed by atoms with E-state index in [4.69, 9.17) is 11.6 Å². The highest BCUT2D eigenvalue weighted by atomic mass is 35.5. The Morgan fingerprint density at radius 2 is 2.00 bits per heavy atom. The van der Waals surface area contributed by atoms with Crippen LogP contribution in [0.25, 0.3) is 0 Å². The molecule has 1 atom stereocenters. The minimum atomic E-state index is 0.457. The Hall–Kier alpha value is -0.380. The van der Waals surface area contributed by atoms with E-state index >= 15 is 0 Å². The zero-order valence-corrected chi connectivity index (χ0v) is 14.8. The van der Waals surface area contributed by atoms with Crippen molar-refractivity contribution in [1.29, 1.82) is 0 Å². The second-order valence-electron chi connectivity index (χ2n) is 5.51. The van der Waals surface area contributed by atoms with Gasteiger partial charge in [-0.25, -0.2) is 0 Å². The number of hydrogen-bond acceptors (Lipinski definition) is 3. The van der Waals surface area contributed by atoms with Crippen LogP contribution < -0.4 is 10.2 Å². The van der Waals surface area contributed by atoms with Gasteiger partial charge in [-0.3, -0.25) is 0 Å². The second-order valence-corrected chi connectivity index (χ2v) is 6.91. The number of hydrogen-bond donors (Lipinski definition) is 1. The SMILES string of the molecule is CSCCC(C)N(C)c1cccc(Cl)c1CNC(C)C. The largest absolute Gasteiger partial charge is 0.372 e. The summed E-state index contributed by atoms with van der Waals surface area (Å²) in [5.74, 6) is 1.19. The molecule has 114 valence electrons. The highest BCUT2D eigenvalue weighted by molar-refractivity contribution is 7.98. The average molecular weight is 315 g/mol.